The molecule has 3 heterocycles. The quantitative estimate of drug-likeness (QED) is 0.651. The third kappa shape index (κ3) is 2.71. The van der Waals surface area contributed by atoms with Gasteiger partial charge in [-0.25, -0.2) is 15.0 Å². The number of ether oxygens (including phenoxy) is 1. The van der Waals surface area contributed by atoms with Crippen molar-refractivity contribution in [3.8, 4) is 0 Å². The highest BCUT2D eigenvalue weighted by molar-refractivity contribution is 7.21. The zero-order valence-corrected chi connectivity index (χ0v) is 13.8. The maximum atomic E-state index is 5.33. The van der Waals surface area contributed by atoms with Gasteiger partial charge in [-0.05, 0) is 13.3 Å². The van der Waals surface area contributed by atoms with E-state index in [1.165, 1.54) is 0 Å². The van der Waals surface area contributed by atoms with Crippen molar-refractivity contribution in [3.05, 3.63) is 6.33 Å². The number of hydrogen-bond donors (Lipinski definition) is 2. The number of pyridine rings is 1. The Labute approximate surface area is 132 Å². The first-order valence-electron chi connectivity index (χ1n) is 7.35. The number of nitrogens with zero attached hydrogens (tertiary/aromatic N) is 4. The highest BCUT2D eigenvalue weighted by Crippen LogP contribution is 2.32. The van der Waals surface area contributed by atoms with Gasteiger partial charge in [-0.1, -0.05) is 11.3 Å². The number of hydrogen-bond acceptors (Lipinski definition) is 7. The molecule has 3 aromatic rings. The molecule has 0 spiro atoms. The molecule has 0 aromatic carbocycles. The fourth-order valence-corrected chi connectivity index (χ4v) is 3.21. The van der Waals surface area contributed by atoms with Gasteiger partial charge in [-0.15, -0.1) is 0 Å². The van der Waals surface area contributed by atoms with Crippen molar-refractivity contribution in [2.24, 2.45) is 7.05 Å². The molecule has 2 N–H and O–H groups in total. The Kier molecular flexibility index (Phi) is 4.39. The van der Waals surface area contributed by atoms with Crippen LogP contribution in [-0.4, -0.2) is 46.3 Å². The topological polar surface area (TPSA) is 76.9 Å². The first kappa shape index (κ1) is 15.0. The van der Waals surface area contributed by atoms with Gasteiger partial charge in [0.2, 0.25) is 0 Å². The fourth-order valence-electron chi connectivity index (χ4n) is 2.34. The largest absolute Gasteiger partial charge is 0.382 e. The number of anilines is 2. The van der Waals surface area contributed by atoms with E-state index in [-0.39, 0.29) is 0 Å². The number of aromatic nitrogens is 4. The molecule has 3 aromatic heterocycles. The van der Waals surface area contributed by atoms with Crippen molar-refractivity contribution in [1.29, 1.82) is 0 Å². The summed E-state index contributed by atoms with van der Waals surface area (Å²) in [5.74, 6) is 0.787. The molecule has 3 rings (SSSR count). The lowest BCUT2D eigenvalue weighted by Gasteiger charge is -2.02. The lowest BCUT2D eigenvalue weighted by atomic mass is 10.3. The van der Waals surface area contributed by atoms with Crippen molar-refractivity contribution in [1.82, 2.24) is 19.5 Å². The minimum atomic E-state index is 0.760. The summed E-state index contributed by atoms with van der Waals surface area (Å²) in [7, 11) is 3.83. The lowest BCUT2D eigenvalue weighted by molar-refractivity contribution is 0.147. The first-order valence-corrected chi connectivity index (χ1v) is 8.17. The maximum Gasteiger partial charge on any atom is 0.185 e. The van der Waals surface area contributed by atoms with Crippen LogP contribution in [0.1, 0.15) is 13.3 Å². The van der Waals surface area contributed by atoms with Crippen LogP contribution in [0.3, 0.4) is 0 Å². The number of imidazole rings is 1. The number of rotatable bonds is 7. The third-order valence-electron chi connectivity index (χ3n) is 3.39. The summed E-state index contributed by atoms with van der Waals surface area (Å²) in [5, 5.41) is 7.33. The van der Waals surface area contributed by atoms with E-state index in [1.54, 1.807) is 17.7 Å². The lowest BCUT2D eigenvalue weighted by Crippen LogP contribution is -2.05. The Hall–Kier alpha value is -1.93. The number of thiazole rings is 1. The van der Waals surface area contributed by atoms with Gasteiger partial charge in [0.1, 0.15) is 21.4 Å². The third-order valence-corrected chi connectivity index (χ3v) is 4.30. The standard InChI is InChI=1S/C14H20N6OS/c1-4-21-7-5-6-16-14-18-10-11-9(17-8-20(11)3)12(15-2)19-13(10)22-14/h8H,4-7H2,1-3H3,(H,15,19)(H,16,18). The summed E-state index contributed by atoms with van der Waals surface area (Å²) in [6.07, 6.45) is 2.75. The number of nitrogens with one attached hydrogen (secondary N) is 2. The molecule has 0 aliphatic rings. The molecule has 0 aliphatic carbocycles. The van der Waals surface area contributed by atoms with Crippen LogP contribution >= 0.6 is 11.3 Å². The summed E-state index contributed by atoms with van der Waals surface area (Å²) in [4.78, 5) is 14.6. The van der Waals surface area contributed by atoms with E-state index in [1.807, 2.05) is 25.6 Å². The van der Waals surface area contributed by atoms with Gasteiger partial charge < -0.3 is 19.9 Å². The van der Waals surface area contributed by atoms with Crippen LogP contribution in [0.15, 0.2) is 6.33 Å². The first-order chi connectivity index (χ1) is 10.7. The molecule has 0 amide bonds. The van der Waals surface area contributed by atoms with Crippen molar-refractivity contribution in [2.75, 3.05) is 37.4 Å². The Bertz CT molecular complexity index is 780. The molecule has 118 valence electrons. The van der Waals surface area contributed by atoms with Gasteiger partial charge in [-0.2, -0.15) is 0 Å². The van der Waals surface area contributed by atoms with Crippen molar-refractivity contribution < 1.29 is 4.74 Å². The summed E-state index contributed by atoms with van der Waals surface area (Å²) < 4.78 is 7.32. The summed E-state index contributed by atoms with van der Waals surface area (Å²) in [5.41, 5.74) is 2.75. The Morgan fingerprint density at radius 2 is 2.18 bits per heavy atom. The summed E-state index contributed by atoms with van der Waals surface area (Å²) >= 11 is 1.56. The normalized spacial score (nSPS) is 11.4. The monoisotopic (exact) mass is 320 g/mol. The molecule has 0 fully saturated rings. The van der Waals surface area contributed by atoms with Gasteiger partial charge in [0.15, 0.2) is 10.9 Å². The van der Waals surface area contributed by atoms with Crippen LogP contribution in [0.4, 0.5) is 10.9 Å². The van der Waals surface area contributed by atoms with E-state index < -0.39 is 0 Å². The molecule has 0 saturated heterocycles. The molecule has 8 heteroatoms. The SMILES string of the molecule is CCOCCCNc1nc2c(nc(NC)c3ncn(C)c32)s1. The minimum Gasteiger partial charge on any atom is -0.382 e. The Morgan fingerprint density at radius 3 is 2.95 bits per heavy atom. The van der Waals surface area contributed by atoms with Crippen LogP contribution < -0.4 is 10.6 Å². The molecule has 22 heavy (non-hydrogen) atoms. The zero-order valence-electron chi connectivity index (χ0n) is 13.0. The fraction of sp³-hybridized carbons (Fsp3) is 0.500. The Balaban J connectivity index is 1.89. The van der Waals surface area contributed by atoms with E-state index in [2.05, 4.69) is 25.6 Å². The predicted octanol–water partition coefficient (Wildman–Crippen LogP) is 2.46. The molecule has 0 bridgehead atoms. The highest BCUT2D eigenvalue weighted by Gasteiger charge is 2.16. The van der Waals surface area contributed by atoms with E-state index in [0.717, 1.165) is 58.5 Å². The van der Waals surface area contributed by atoms with Gasteiger partial charge in [0.05, 0.1) is 6.33 Å². The number of aryl methyl sites for hydroxylation is 1. The second-order valence-corrected chi connectivity index (χ2v) is 5.89. The molecule has 0 atom stereocenters. The van der Waals surface area contributed by atoms with Crippen LogP contribution in [-0.2, 0) is 11.8 Å². The second kappa shape index (κ2) is 6.45. The van der Waals surface area contributed by atoms with E-state index in [0.29, 0.717) is 0 Å². The Morgan fingerprint density at radius 1 is 1.32 bits per heavy atom. The van der Waals surface area contributed by atoms with Gasteiger partial charge >= 0.3 is 0 Å². The van der Waals surface area contributed by atoms with Gasteiger partial charge in [-0.3, -0.25) is 0 Å². The molecular weight excluding hydrogens is 300 g/mol. The van der Waals surface area contributed by atoms with Crippen molar-refractivity contribution in [3.63, 3.8) is 0 Å². The average molecular weight is 320 g/mol. The van der Waals surface area contributed by atoms with Crippen LogP contribution in [0, 0.1) is 0 Å². The van der Waals surface area contributed by atoms with Gasteiger partial charge in [0.25, 0.3) is 0 Å². The van der Waals surface area contributed by atoms with Crippen molar-refractivity contribution >= 4 is 43.7 Å². The van der Waals surface area contributed by atoms with Gasteiger partial charge in [0, 0.05) is 33.9 Å². The molecule has 0 radical (unpaired) electrons. The smallest absolute Gasteiger partial charge is 0.185 e. The molecular formula is C14H20N6OS. The minimum absolute atomic E-state index is 0.760. The van der Waals surface area contributed by atoms with Crippen LogP contribution in [0.25, 0.3) is 21.4 Å². The van der Waals surface area contributed by atoms with Crippen LogP contribution in [0.5, 0.6) is 0 Å². The zero-order chi connectivity index (χ0) is 15.5. The second-order valence-electron chi connectivity index (χ2n) is 4.91. The van der Waals surface area contributed by atoms with Crippen LogP contribution in [0.2, 0.25) is 0 Å². The molecule has 0 aliphatic heterocycles. The number of fused-ring (bicyclic) bond motifs is 3. The molecule has 0 saturated carbocycles. The average Bonchev–Trinajstić information content (AvgIpc) is 3.09. The van der Waals surface area contributed by atoms with E-state index in [9.17, 15) is 0 Å². The molecule has 0 unspecified atom stereocenters. The predicted molar refractivity (Wildman–Crippen MR) is 90.8 cm³/mol. The highest BCUT2D eigenvalue weighted by atomic mass is 32.1. The van der Waals surface area contributed by atoms with Crippen molar-refractivity contribution in [2.45, 2.75) is 13.3 Å². The van der Waals surface area contributed by atoms with E-state index >= 15 is 0 Å². The maximum absolute atomic E-state index is 5.33. The summed E-state index contributed by atoms with van der Waals surface area (Å²) in [6, 6.07) is 0. The summed E-state index contributed by atoms with van der Waals surface area (Å²) in [6.45, 7) is 4.37. The molecule has 7 nitrogen and oxygen atoms in total. The van der Waals surface area contributed by atoms with E-state index in [4.69, 9.17) is 4.74 Å².